The van der Waals surface area contributed by atoms with Gasteiger partial charge in [-0.3, -0.25) is 14.5 Å². The van der Waals surface area contributed by atoms with Crippen molar-refractivity contribution in [3.05, 3.63) is 29.8 Å². The zero-order valence-electron chi connectivity index (χ0n) is 13.9. The van der Waals surface area contributed by atoms with Crippen molar-refractivity contribution >= 4 is 17.5 Å². The van der Waals surface area contributed by atoms with Crippen LogP contribution in [-0.4, -0.2) is 42.4 Å². The molecule has 0 saturated carbocycles. The van der Waals surface area contributed by atoms with Gasteiger partial charge in [-0.1, -0.05) is 6.92 Å². The summed E-state index contributed by atoms with van der Waals surface area (Å²) in [6.07, 6.45) is -4.41. The highest BCUT2D eigenvalue weighted by molar-refractivity contribution is 5.92. The van der Waals surface area contributed by atoms with Crippen LogP contribution >= 0.6 is 0 Å². The molecule has 0 bridgehead atoms. The Morgan fingerprint density at radius 3 is 2.08 bits per heavy atom. The summed E-state index contributed by atoms with van der Waals surface area (Å²) in [5, 5.41) is 5.25. The fourth-order valence-corrected chi connectivity index (χ4v) is 2.00. The number of halogens is 3. The van der Waals surface area contributed by atoms with Crippen LogP contribution < -0.4 is 10.6 Å². The van der Waals surface area contributed by atoms with E-state index in [0.29, 0.717) is 6.54 Å². The number of anilines is 1. The second-order valence-corrected chi connectivity index (χ2v) is 5.65. The van der Waals surface area contributed by atoms with Crippen molar-refractivity contribution in [1.29, 1.82) is 0 Å². The zero-order valence-corrected chi connectivity index (χ0v) is 13.9. The van der Waals surface area contributed by atoms with E-state index in [1.807, 2.05) is 20.8 Å². The van der Waals surface area contributed by atoms with Crippen molar-refractivity contribution in [1.82, 2.24) is 10.2 Å². The van der Waals surface area contributed by atoms with Gasteiger partial charge >= 0.3 is 6.18 Å². The molecule has 0 spiro atoms. The van der Waals surface area contributed by atoms with Gasteiger partial charge in [-0.15, -0.1) is 0 Å². The molecule has 0 fully saturated rings. The minimum atomic E-state index is -4.41. The van der Waals surface area contributed by atoms with Crippen LogP contribution in [0.1, 0.15) is 26.3 Å². The van der Waals surface area contributed by atoms with Gasteiger partial charge in [0, 0.05) is 11.7 Å². The van der Waals surface area contributed by atoms with Crippen LogP contribution in [0.15, 0.2) is 24.3 Å². The van der Waals surface area contributed by atoms with Gasteiger partial charge in [-0.2, -0.15) is 13.2 Å². The predicted molar refractivity (Wildman–Crippen MR) is 85.5 cm³/mol. The highest BCUT2D eigenvalue weighted by atomic mass is 19.4. The maximum atomic E-state index is 12.5. The van der Waals surface area contributed by atoms with Gasteiger partial charge in [-0.25, -0.2) is 0 Å². The van der Waals surface area contributed by atoms with E-state index in [0.717, 1.165) is 12.1 Å². The summed E-state index contributed by atoms with van der Waals surface area (Å²) in [5.74, 6) is -0.580. The lowest BCUT2D eigenvalue weighted by Gasteiger charge is -2.20. The molecule has 24 heavy (non-hydrogen) atoms. The normalized spacial score (nSPS) is 11.7. The van der Waals surface area contributed by atoms with Crippen molar-refractivity contribution in [2.24, 2.45) is 0 Å². The van der Waals surface area contributed by atoms with Crippen LogP contribution in [0.25, 0.3) is 0 Å². The molecule has 0 aliphatic carbocycles. The van der Waals surface area contributed by atoms with Crippen molar-refractivity contribution in [3.63, 3.8) is 0 Å². The number of amides is 2. The van der Waals surface area contributed by atoms with E-state index >= 15 is 0 Å². The molecule has 2 N–H and O–H groups in total. The van der Waals surface area contributed by atoms with Gasteiger partial charge in [0.25, 0.3) is 0 Å². The smallest absolute Gasteiger partial charge is 0.353 e. The van der Waals surface area contributed by atoms with Crippen LogP contribution in [0.4, 0.5) is 18.9 Å². The first-order valence-corrected chi connectivity index (χ1v) is 7.60. The first kappa shape index (κ1) is 20.0. The Bertz CT molecular complexity index is 557. The summed E-state index contributed by atoms with van der Waals surface area (Å²) < 4.78 is 37.4. The molecule has 1 aromatic carbocycles. The maximum Gasteiger partial charge on any atom is 0.416 e. The molecule has 0 unspecified atom stereocenters. The van der Waals surface area contributed by atoms with E-state index in [9.17, 15) is 22.8 Å². The SMILES string of the molecule is CCN(CC(=O)Nc1ccc(C(F)(F)F)cc1)CC(=O)NC(C)C. The number of carbonyl (C=O) groups excluding carboxylic acids is 2. The fraction of sp³-hybridized carbons (Fsp3) is 0.500. The Morgan fingerprint density at radius 2 is 1.62 bits per heavy atom. The lowest BCUT2D eigenvalue weighted by molar-refractivity contribution is -0.137. The number of hydrogen-bond donors (Lipinski definition) is 2. The molecule has 0 aromatic heterocycles. The van der Waals surface area contributed by atoms with Crippen LogP contribution in [0.2, 0.25) is 0 Å². The third-order valence-corrected chi connectivity index (χ3v) is 3.13. The molecule has 134 valence electrons. The molecule has 1 rings (SSSR count). The van der Waals surface area contributed by atoms with Gasteiger partial charge < -0.3 is 10.6 Å². The Hall–Kier alpha value is -2.09. The Balaban J connectivity index is 2.56. The summed E-state index contributed by atoms with van der Waals surface area (Å²) in [4.78, 5) is 25.3. The molecular formula is C16H22F3N3O2. The van der Waals surface area contributed by atoms with E-state index in [1.165, 1.54) is 12.1 Å². The summed E-state index contributed by atoms with van der Waals surface area (Å²) in [5.41, 5.74) is -0.503. The van der Waals surface area contributed by atoms with Crippen LogP contribution in [0, 0.1) is 0 Å². The average Bonchev–Trinajstić information content (AvgIpc) is 2.45. The minimum Gasteiger partial charge on any atom is -0.353 e. The van der Waals surface area contributed by atoms with E-state index in [1.54, 1.807) is 4.90 Å². The second kappa shape index (κ2) is 8.68. The Morgan fingerprint density at radius 1 is 1.08 bits per heavy atom. The van der Waals surface area contributed by atoms with E-state index in [2.05, 4.69) is 10.6 Å². The molecule has 0 heterocycles. The summed E-state index contributed by atoms with van der Waals surface area (Å²) >= 11 is 0. The van der Waals surface area contributed by atoms with Gasteiger partial charge in [0.05, 0.1) is 18.7 Å². The summed E-state index contributed by atoms with van der Waals surface area (Å²) in [7, 11) is 0. The van der Waals surface area contributed by atoms with Crippen molar-refractivity contribution in [3.8, 4) is 0 Å². The number of likely N-dealkylation sites (N-methyl/N-ethyl adjacent to an activating group) is 1. The molecule has 1 aromatic rings. The van der Waals surface area contributed by atoms with Crippen molar-refractivity contribution in [2.45, 2.75) is 33.0 Å². The lowest BCUT2D eigenvalue weighted by Crippen LogP contribution is -2.42. The summed E-state index contributed by atoms with van der Waals surface area (Å²) in [6.45, 7) is 6.04. The molecule has 0 radical (unpaired) electrons. The Labute approximate surface area is 139 Å². The third kappa shape index (κ3) is 6.99. The van der Waals surface area contributed by atoms with Gasteiger partial charge in [0.15, 0.2) is 0 Å². The van der Waals surface area contributed by atoms with Gasteiger partial charge in [-0.05, 0) is 44.7 Å². The van der Waals surface area contributed by atoms with Crippen LogP contribution in [-0.2, 0) is 15.8 Å². The quantitative estimate of drug-likeness (QED) is 0.798. The Kier molecular flexibility index (Phi) is 7.21. The third-order valence-electron chi connectivity index (χ3n) is 3.13. The molecule has 0 atom stereocenters. The lowest BCUT2D eigenvalue weighted by atomic mass is 10.2. The standard InChI is InChI=1S/C16H22F3N3O2/c1-4-22(9-14(23)20-11(2)3)10-15(24)21-13-7-5-12(6-8-13)16(17,18)19/h5-8,11H,4,9-10H2,1-3H3,(H,20,23)(H,21,24). The van der Waals surface area contributed by atoms with E-state index < -0.39 is 17.6 Å². The van der Waals surface area contributed by atoms with E-state index in [-0.39, 0.29) is 30.7 Å². The van der Waals surface area contributed by atoms with Gasteiger partial charge in [0.2, 0.25) is 11.8 Å². The number of rotatable bonds is 7. The van der Waals surface area contributed by atoms with Crippen LogP contribution in [0.5, 0.6) is 0 Å². The topological polar surface area (TPSA) is 61.4 Å². The van der Waals surface area contributed by atoms with E-state index in [4.69, 9.17) is 0 Å². The largest absolute Gasteiger partial charge is 0.416 e. The number of alkyl halides is 3. The molecule has 0 aliphatic heterocycles. The molecule has 0 aliphatic rings. The molecular weight excluding hydrogens is 323 g/mol. The monoisotopic (exact) mass is 345 g/mol. The molecule has 8 heteroatoms. The second-order valence-electron chi connectivity index (χ2n) is 5.65. The first-order valence-electron chi connectivity index (χ1n) is 7.60. The number of carbonyl (C=O) groups is 2. The number of benzene rings is 1. The fourth-order valence-electron chi connectivity index (χ4n) is 2.00. The van der Waals surface area contributed by atoms with Crippen molar-refractivity contribution < 1.29 is 22.8 Å². The number of nitrogens with one attached hydrogen (secondary N) is 2. The number of nitrogens with zero attached hydrogens (tertiary/aromatic N) is 1. The number of hydrogen-bond acceptors (Lipinski definition) is 3. The predicted octanol–water partition coefficient (Wildman–Crippen LogP) is 2.49. The summed E-state index contributed by atoms with van der Waals surface area (Å²) in [6, 6.07) is 4.22. The molecule has 2 amide bonds. The molecule has 5 nitrogen and oxygen atoms in total. The first-order chi connectivity index (χ1) is 11.1. The molecule has 0 saturated heterocycles. The maximum absolute atomic E-state index is 12.5. The highest BCUT2D eigenvalue weighted by Crippen LogP contribution is 2.29. The zero-order chi connectivity index (χ0) is 18.3. The average molecular weight is 345 g/mol. The minimum absolute atomic E-state index is 0.0113. The van der Waals surface area contributed by atoms with Gasteiger partial charge in [0.1, 0.15) is 0 Å². The highest BCUT2D eigenvalue weighted by Gasteiger charge is 2.30. The van der Waals surface area contributed by atoms with Crippen molar-refractivity contribution in [2.75, 3.05) is 25.0 Å². The van der Waals surface area contributed by atoms with Crippen LogP contribution in [0.3, 0.4) is 0 Å².